The van der Waals surface area contributed by atoms with Gasteiger partial charge in [-0.15, -0.1) is 0 Å². The minimum Gasteiger partial charge on any atom is -0.337 e. The quantitative estimate of drug-likeness (QED) is 0.229. The number of nitrogens with zero attached hydrogens (tertiary/aromatic N) is 2. The lowest BCUT2D eigenvalue weighted by Crippen LogP contribution is -2.44. The van der Waals surface area contributed by atoms with Crippen molar-refractivity contribution in [2.24, 2.45) is 29.6 Å². The van der Waals surface area contributed by atoms with Crippen LogP contribution < -0.4 is 9.80 Å². The van der Waals surface area contributed by atoms with Gasteiger partial charge in [-0.25, -0.2) is 0 Å². The standard InChI is InChI=1S/C50H54N2/c1-36-33-40(27-29-45(36)39-15-7-3-8-16-39)37-23-25-38(26-24-37)41-28-30-48-47(34-41)46-31-32-50(2,35-49(46)51(48)42-17-9-4-10-18-42)52(43-19-11-5-12-20-43)44-21-13-6-14-22-44/h3-7,9-14,17-23,25-28,31,35-37,39,45,47-48H,8,15-16,24,29-30,32-34H2,1-2H3. The average molecular weight is 683 g/mol. The molecule has 0 saturated carbocycles. The van der Waals surface area contributed by atoms with Crippen LogP contribution >= 0.6 is 0 Å². The van der Waals surface area contributed by atoms with E-state index >= 15 is 0 Å². The fourth-order valence-electron chi connectivity index (χ4n) is 10.7. The van der Waals surface area contributed by atoms with Crippen molar-refractivity contribution in [3.05, 3.63) is 174 Å². The van der Waals surface area contributed by atoms with E-state index in [4.69, 9.17) is 0 Å². The Labute approximate surface area is 312 Å². The fraction of sp³-hybridized carbons (Fsp3) is 0.360. The number of anilines is 3. The molecular formula is C50H54N2. The first-order chi connectivity index (χ1) is 25.6. The van der Waals surface area contributed by atoms with Crippen molar-refractivity contribution in [1.29, 1.82) is 0 Å². The molecule has 2 nitrogen and oxygen atoms in total. The van der Waals surface area contributed by atoms with E-state index in [9.17, 15) is 0 Å². The molecule has 2 heteroatoms. The first-order valence-corrected chi connectivity index (χ1v) is 20.2. The Kier molecular flexibility index (Phi) is 9.03. The van der Waals surface area contributed by atoms with Gasteiger partial charge in [-0.05, 0) is 142 Å². The second-order valence-corrected chi connectivity index (χ2v) is 16.6. The lowest BCUT2D eigenvalue weighted by Gasteiger charge is -2.43. The van der Waals surface area contributed by atoms with Gasteiger partial charge >= 0.3 is 0 Å². The zero-order valence-electron chi connectivity index (χ0n) is 31.1. The molecule has 1 saturated heterocycles. The summed E-state index contributed by atoms with van der Waals surface area (Å²) < 4.78 is 0. The van der Waals surface area contributed by atoms with E-state index in [0.717, 1.165) is 43.4 Å². The zero-order valence-corrected chi connectivity index (χ0v) is 31.1. The van der Waals surface area contributed by atoms with Gasteiger partial charge in [-0.1, -0.05) is 116 Å². The number of fused-ring (bicyclic) bond motifs is 3. The maximum Gasteiger partial charge on any atom is 0.0662 e. The van der Waals surface area contributed by atoms with E-state index in [1.165, 1.54) is 60.4 Å². The molecule has 0 aromatic heterocycles. The molecule has 6 aliphatic rings. The van der Waals surface area contributed by atoms with E-state index in [1.54, 1.807) is 16.7 Å². The number of hydrogen-bond acceptors (Lipinski definition) is 2. The predicted molar refractivity (Wildman–Crippen MR) is 220 cm³/mol. The average Bonchev–Trinajstić information content (AvgIpc) is 3.51. The monoisotopic (exact) mass is 682 g/mol. The van der Waals surface area contributed by atoms with E-state index in [0.29, 0.717) is 17.9 Å². The third-order valence-electron chi connectivity index (χ3n) is 13.4. The van der Waals surface area contributed by atoms with Gasteiger partial charge in [0, 0.05) is 40.6 Å². The molecule has 0 amide bonds. The van der Waals surface area contributed by atoms with Crippen LogP contribution in [0.25, 0.3) is 0 Å². The largest absolute Gasteiger partial charge is 0.337 e. The molecule has 3 aromatic carbocycles. The third kappa shape index (κ3) is 6.19. The molecule has 264 valence electrons. The normalized spacial score (nSPS) is 31.0. The molecule has 9 rings (SSSR count). The van der Waals surface area contributed by atoms with Gasteiger partial charge in [0.1, 0.15) is 0 Å². The van der Waals surface area contributed by atoms with Gasteiger partial charge in [0.05, 0.1) is 5.54 Å². The summed E-state index contributed by atoms with van der Waals surface area (Å²) in [5.41, 5.74) is 11.2. The topological polar surface area (TPSA) is 6.48 Å². The molecule has 52 heavy (non-hydrogen) atoms. The molecule has 0 bridgehead atoms. The SMILES string of the molecule is CC1CC(C2C=CC(C3=CCC4C(C3)C3=CCC(C)(N(c5ccccc5)c5ccccc5)C=C3N4c3ccccc3)=CC2)=CCC1C1CC=CCC1. The second-order valence-electron chi connectivity index (χ2n) is 16.6. The van der Waals surface area contributed by atoms with Crippen molar-refractivity contribution < 1.29 is 0 Å². The van der Waals surface area contributed by atoms with Crippen molar-refractivity contribution >= 4 is 17.1 Å². The van der Waals surface area contributed by atoms with Crippen LogP contribution in [0.3, 0.4) is 0 Å². The molecular weight excluding hydrogens is 629 g/mol. The molecule has 0 N–H and O–H groups in total. The minimum atomic E-state index is -0.221. The highest BCUT2D eigenvalue weighted by molar-refractivity contribution is 5.71. The summed E-state index contributed by atoms with van der Waals surface area (Å²) >= 11 is 0. The molecule has 7 atom stereocenters. The summed E-state index contributed by atoms with van der Waals surface area (Å²) in [5.74, 6) is 3.60. The Balaban J connectivity index is 0.973. The summed E-state index contributed by atoms with van der Waals surface area (Å²) in [6.07, 6.45) is 33.7. The van der Waals surface area contributed by atoms with Gasteiger partial charge in [0.2, 0.25) is 0 Å². The highest BCUT2D eigenvalue weighted by Crippen LogP contribution is 2.53. The van der Waals surface area contributed by atoms with Crippen molar-refractivity contribution in [2.45, 2.75) is 83.2 Å². The van der Waals surface area contributed by atoms with Gasteiger partial charge in [0.25, 0.3) is 0 Å². The predicted octanol–water partition coefficient (Wildman–Crippen LogP) is 12.9. The van der Waals surface area contributed by atoms with Crippen LogP contribution in [0.2, 0.25) is 0 Å². The molecule has 3 aromatic rings. The molecule has 0 radical (unpaired) electrons. The second kappa shape index (κ2) is 14.1. The lowest BCUT2D eigenvalue weighted by molar-refractivity contribution is 0.211. The van der Waals surface area contributed by atoms with Crippen LogP contribution in [-0.4, -0.2) is 11.6 Å². The third-order valence-corrected chi connectivity index (χ3v) is 13.4. The molecule has 7 unspecified atom stereocenters. The molecule has 0 spiro atoms. The minimum absolute atomic E-state index is 0.221. The van der Waals surface area contributed by atoms with E-state index in [-0.39, 0.29) is 5.54 Å². The maximum absolute atomic E-state index is 2.68. The van der Waals surface area contributed by atoms with Crippen LogP contribution in [0.1, 0.15) is 71.6 Å². The summed E-state index contributed by atoms with van der Waals surface area (Å²) in [7, 11) is 0. The number of rotatable bonds is 7. The van der Waals surface area contributed by atoms with Gasteiger partial charge in [-0.2, -0.15) is 0 Å². The number of hydrogen-bond donors (Lipinski definition) is 0. The number of allylic oxidation sites excluding steroid dienone is 10. The fourth-order valence-corrected chi connectivity index (χ4v) is 10.7. The van der Waals surface area contributed by atoms with E-state index in [2.05, 4.69) is 169 Å². The maximum atomic E-state index is 2.68. The Hall–Kier alpha value is -4.56. The Morgan fingerprint density at radius 2 is 1.46 bits per heavy atom. The Morgan fingerprint density at radius 3 is 2.12 bits per heavy atom. The van der Waals surface area contributed by atoms with Crippen molar-refractivity contribution in [3.63, 3.8) is 0 Å². The number of para-hydroxylation sites is 3. The van der Waals surface area contributed by atoms with Crippen LogP contribution in [0.4, 0.5) is 17.1 Å². The summed E-state index contributed by atoms with van der Waals surface area (Å²) in [6.45, 7) is 4.95. The smallest absolute Gasteiger partial charge is 0.0662 e. The van der Waals surface area contributed by atoms with Gasteiger partial charge in [-0.3, -0.25) is 0 Å². The highest BCUT2D eigenvalue weighted by atomic mass is 15.2. The van der Waals surface area contributed by atoms with Crippen LogP contribution in [-0.2, 0) is 0 Å². The van der Waals surface area contributed by atoms with Crippen molar-refractivity contribution in [1.82, 2.24) is 0 Å². The first kappa shape index (κ1) is 33.3. The highest BCUT2D eigenvalue weighted by Gasteiger charge is 2.47. The lowest BCUT2D eigenvalue weighted by atomic mass is 9.68. The van der Waals surface area contributed by atoms with Crippen LogP contribution in [0.5, 0.6) is 0 Å². The number of benzene rings is 3. The Morgan fingerprint density at radius 1 is 0.731 bits per heavy atom. The Bertz CT molecular complexity index is 1940. The molecule has 1 fully saturated rings. The van der Waals surface area contributed by atoms with Gasteiger partial charge in [0.15, 0.2) is 0 Å². The van der Waals surface area contributed by atoms with Crippen molar-refractivity contribution in [2.75, 3.05) is 9.80 Å². The molecule has 5 aliphatic carbocycles. The summed E-state index contributed by atoms with van der Waals surface area (Å²) in [5, 5.41) is 0. The van der Waals surface area contributed by atoms with E-state index < -0.39 is 0 Å². The zero-order chi connectivity index (χ0) is 35.1. The summed E-state index contributed by atoms with van der Waals surface area (Å²) in [6, 6.07) is 33.5. The first-order valence-electron chi connectivity index (χ1n) is 20.2. The molecule has 1 aliphatic heterocycles. The summed E-state index contributed by atoms with van der Waals surface area (Å²) in [4.78, 5) is 5.23. The van der Waals surface area contributed by atoms with Crippen molar-refractivity contribution in [3.8, 4) is 0 Å². The van der Waals surface area contributed by atoms with E-state index in [1.807, 2.05) is 0 Å². The molecule has 1 heterocycles. The van der Waals surface area contributed by atoms with Gasteiger partial charge < -0.3 is 9.80 Å². The van der Waals surface area contributed by atoms with Crippen LogP contribution in [0, 0.1) is 29.6 Å². The van der Waals surface area contributed by atoms with Crippen LogP contribution in [0.15, 0.2) is 174 Å².